The van der Waals surface area contributed by atoms with Gasteiger partial charge in [-0.1, -0.05) is 29.8 Å². The van der Waals surface area contributed by atoms with Crippen LogP contribution in [-0.2, 0) is 0 Å². The Hall–Kier alpha value is -1.58. The fourth-order valence-corrected chi connectivity index (χ4v) is 3.27. The lowest BCUT2D eigenvalue weighted by molar-refractivity contribution is 0.883. The fraction of sp³-hybridized carbons (Fsp3) is 0.235. The van der Waals surface area contributed by atoms with Gasteiger partial charge in [-0.05, 0) is 49.6 Å². The second-order valence-corrected chi connectivity index (χ2v) is 6.62. The predicted octanol–water partition coefficient (Wildman–Crippen LogP) is 5.74. The number of rotatable bonds is 3. The normalized spacial score (nSPS) is 12.6. The quantitative estimate of drug-likeness (QED) is 0.666. The SMILES string of the molecule is Cc1ccc(C(C)Nc2c(Cl)ccc3scnc23)cc1C. The average molecular weight is 317 g/mol. The summed E-state index contributed by atoms with van der Waals surface area (Å²) in [5.74, 6) is 0. The van der Waals surface area contributed by atoms with Gasteiger partial charge in [0.1, 0.15) is 5.52 Å². The van der Waals surface area contributed by atoms with Crippen molar-refractivity contribution in [3.63, 3.8) is 0 Å². The van der Waals surface area contributed by atoms with Gasteiger partial charge in [0, 0.05) is 6.04 Å². The van der Waals surface area contributed by atoms with Crippen molar-refractivity contribution in [3.8, 4) is 0 Å². The maximum atomic E-state index is 6.35. The van der Waals surface area contributed by atoms with Crippen LogP contribution in [0.25, 0.3) is 10.2 Å². The van der Waals surface area contributed by atoms with Gasteiger partial charge in [0.25, 0.3) is 0 Å². The van der Waals surface area contributed by atoms with Crippen LogP contribution in [0, 0.1) is 13.8 Å². The second-order valence-electron chi connectivity index (χ2n) is 5.33. The molecule has 0 fully saturated rings. The maximum absolute atomic E-state index is 6.35. The topological polar surface area (TPSA) is 24.9 Å². The zero-order valence-electron chi connectivity index (χ0n) is 12.3. The summed E-state index contributed by atoms with van der Waals surface area (Å²) in [5.41, 5.74) is 7.59. The Bertz CT molecular complexity index is 795. The highest BCUT2D eigenvalue weighted by molar-refractivity contribution is 7.16. The van der Waals surface area contributed by atoms with Crippen molar-refractivity contribution >= 4 is 38.8 Å². The van der Waals surface area contributed by atoms with Crippen molar-refractivity contribution in [2.45, 2.75) is 26.8 Å². The van der Waals surface area contributed by atoms with Gasteiger partial charge in [-0.2, -0.15) is 0 Å². The number of nitrogens with zero attached hydrogens (tertiary/aromatic N) is 1. The van der Waals surface area contributed by atoms with Crippen LogP contribution in [0.15, 0.2) is 35.8 Å². The molecule has 1 unspecified atom stereocenters. The maximum Gasteiger partial charge on any atom is 0.106 e. The molecule has 2 nitrogen and oxygen atoms in total. The molecule has 0 spiro atoms. The van der Waals surface area contributed by atoms with E-state index in [1.807, 2.05) is 17.6 Å². The summed E-state index contributed by atoms with van der Waals surface area (Å²) in [4.78, 5) is 4.43. The highest BCUT2D eigenvalue weighted by Gasteiger charge is 2.13. The molecule has 3 aromatic rings. The number of anilines is 1. The minimum Gasteiger partial charge on any atom is -0.376 e. The predicted molar refractivity (Wildman–Crippen MR) is 92.6 cm³/mol. The minimum atomic E-state index is 0.175. The van der Waals surface area contributed by atoms with Crippen molar-refractivity contribution < 1.29 is 0 Å². The van der Waals surface area contributed by atoms with Gasteiger partial charge in [0.15, 0.2) is 0 Å². The monoisotopic (exact) mass is 316 g/mol. The third-order valence-corrected chi connectivity index (χ3v) is 4.95. The van der Waals surface area contributed by atoms with Crippen molar-refractivity contribution in [1.29, 1.82) is 0 Å². The van der Waals surface area contributed by atoms with Crippen molar-refractivity contribution in [1.82, 2.24) is 4.98 Å². The van der Waals surface area contributed by atoms with Crippen LogP contribution in [0.2, 0.25) is 5.02 Å². The second kappa shape index (κ2) is 5.66. The number of thiazole rings is 1. The number of nitrogens with one attached hydrogen (secondary N) is 1. The molecule has 1 heterocycles. The van der Waals surface area contributed by atoms with E-state index in [1.54, 1.807) is 11.3 Å². The number of hydrogen-bond donors (Lipinski definition) is 1. The molecule has 0 amide bonds. The fourth-order valence-electron chi connectivity index (χ4n) is 2.38. The molecule has 108 valence electrons. The molecule has 0 bridgehead atoms. The van der Waals surface area contributed by atoms with E-state index in [0.29, 0.717) is 5.02 Å². The van der Waals surface area contributed by atoms with Gasteiger partial charge >= 0.3 is 0 Å². The van der Waals surface area contributed by atoms with Crippen LogP contribution in [0.3, 0.4) is 0 Å². The molecule has 0 saturated carbocycles. The molecular formula is C17H17ClN2S. The van der Waals surface area contributed by atoms with E-state index in [1.165, 1.54) is 16.7 Å². The Labute approximate surface area is 133 Å². The Balaban J connectivity index is 1.95. The lowest BCUT2D eigenvalue weighted by Crippen LogP contribution is -2.08. The molecule has 21 heavy (non-hydrogen) atoms. The summed E-state index contributed by atoms with van der Waals surface area (Å²) in [7, 11) is 0. The summed E-state index contributed by atoms with van der Waals surface area (Å²) in [6.07, 6.45) is 0. The molecule has 0 radical (unpaired) electrons. The van der Waals surface area contributed by atoms with Gasteiger partial charge in [-0.3, -0.25) is 0 Å². The van der Waals surface area contributed by atoms with E-state index in [4.69, 9.17) is 11.6 Å². The molecule has 0 aliphatic carbocycles. The van der Waals surface area contributed by atoms with E-state index in [0.717, 1.165) is 15.9 Å². The van der Waals surface area contributed by atoms with Crippen LogP contribution >= 0.6 is 22.9 Å². The standard InChI is InChI=1S/C17H17ClN2S/c1-10-4-5-13(8-11(10)2)12(3)20-16-14(18)6-7-15-17(16)19-9-21-15/h4-9,12,20H,1-3H3. The van der Waals surface area contributed by atoms with Crippen LogP contribution in [0.5, 0.6) is 0 Å². The summed E-state index contributed by atoms with van der Waals surface area (Å²) in [5, 5.41) is 4.23. The Kier molecular flexibility index (Phi) is 3.87. The first-order chi connectivity index (χ1) is 10.1. The molecule has 0 aliphatic heterocycles. The van der Waals surface area contributed by atoms with Gasteiger partial charge in [-0.15, -0.1) is 11.3 Å². The molecule has 0 aliphatic rings. The van der Waals surface area contributed by atoms with E-state index >= 15 is 0 Å². The van der Waals surface area contributed by atoms with Crippen molar-refractivity contribution in [2.24, 2.45) is 0 Å². The molecule has 3 rings (SSSR count). The van der Waals surface area contributed by atoms with Crippen molar-refractivity contribution in [3.05, 3.63) is 57.6 Å². The first-order valence-corrected chi connectivity index (χ1v) is 8.17. The summed E-state index contributed by atoms with van der Waals surface area (Å²) in [6, 6.07) is 10.7. The summed E-state index contributed by atoms with van der Waals surface area (Å²) < 4.78 is 1.15. The number of aromatic nitrogens is 1. The van der Waals surface area contributed by atoms with Gasteiger partial charge in [-0.25, -0.2) is 4.98 Å². The molecule has 1 N–H and O–H groups in total. The first-order valence-electron chi connectivity index (χ1n) is 6.91. The van der Waals surface area contributed by atoms with E-state index in [2.05, 4.69) is 49.3 Å². The van der Waals surface area contributed by atoms with Gasteiger partial charge < -0.3 is 5.32 Å². The van der Waals surface area contributed by atoms with E-state index < -0.39 is 0 Å². The largest absolute Gasteiger partial charge is 0.376 e. The van der Waals surface area contributed by atoms with Crippen LogP contribution in [0.4, 0.5) is 5.69 Å². The van der Waals surface area contributed by atoms with Crippen LogP contribution < -0.4 is 5.32 Å². The van der Waals surface area contributed by atoms with Crippen LogP contribution in [-0.4, -0.2) is 4.98 Å². The Morgan fingerprint density at radius 3 is 2.71 bits per heavy atom. The molecular weight excluding hydrogens is 300 g/mol. The summed E-state index contributed by atoms with van der Waals surface area (Å²) >= 11 is 7.98. The minimum absolute atomic E-state index is 0.175. The smallest absolute Gasteiger partial charge is 0.106 e. The summed E-state index contributed by atoms with van der Waals surface area (Å²) in [6.45, 7) is 6.41. The van der Waals surface area contributed by atoms with E-state index in [-0.39, 0.29) is 6.04 Å². The number of halogens is 1. The zero-order chi connectivity index (χ0) is 15.0. The molecule has 4 heteroatoms. The molecule has 1 aromatic heterocycles. The lowest BCUT2D eigenvalue weighted by atomic mass is 10.0. The average Bonchev–Trinajstić information content (AvgIpc) is 2.93. The number of benzene rings is 2. The number of aryl methyl sites for hydroxylation is 2. The third kappa shape index (κ3) is 2.76. The zero-order valence-corrected chi connectivity index (χ0v) is 13.8. The van der Waals surface area contributed by atoms with Gasteiger partial charge in [0.2, 0.25) is 0 Å². The molecule has 2 aromatic carbocycles. The number of hydrogen-bond acceptors (Lipinski definition) is 3. The van der Waals surface area contributed by atoms with Gasteiger partial charge in [0.05, 0.1) is 20.9 Å². The van der Waals surface area contributed by atoms with E-state index in [9.17, 15) is 0 Å². The molecule has 0 saturated heterocycles. The van der Waals surface area contributed by atoms with Crippen LogP contribution in [0.1, 0.15) is 29.7 Å². The Morgan fingerprint density at radius 1 is 1.14 bits per heavy atom. The van der Waals surface area contributed by atoms with Crippen molar-refractivity contribution in [2.75, 3.05) is 5.32 Å². The number of fused-ring (bicyclic) bond motifs is 1. The first kappa shape index (κ1) is 14.4. The third-order valence-electron chi connectivity index (χ3n) is 3.84. The Morgan fingerprint density at radius 2 is 1.95 bits per heavy atom. The molecule has 1 atom stereocenters. The highest BCUT2D eigenvalue weighted by atomic mass is 35.5. The highest BCUT2D eigenvalue weighted by Crippen LogP contribution is 2.34. The lowest BCUT2D eigenvalue weighted by Gasteiger charge is -2.18.